The molecule has 1 aromatic heterocycles. The molecule has 1 heterocycles. The van der Waals surface area contributed by atoms with E-state index in [4.69, 9.17) is 10.5 Å². The van der Waals surface area contributed by atoms with E-state index in [1.54, 1.807) is 25.3 Å². The number of anilines is 1. The van der Waals surface area contributed by atoms with Gasteiger partial charge in [0.25, 0.3) is 0 Å². The molecule has 0 aliphatic carbocycles. The lowest BCUT2D eigenvalue weighted by Gasteiger charge is -2.06. The lowest BCUT2D eigenvalue weighted by atomic mass is 10.2. The fraction of sp³-hybridized carbons (Fsp3) is 0.0714. The average Bonchev–Trinajstić information content (AvgIpc) is 2.99. The number of benzene rings is 2. The normalized spacial score (nSPS) is 10.6. The molecular weight excluding hydrogens is 273 g/mol. The minimum absolute atomic E-state index is 0.0854. The van der Waals surface area contributed by atoms with Crippen molar-refractivity contribution in [3.63, 3.8) is 0 Å². The van der Waals surface area contributed by atoms with Gasteiger partial charge >= 0.3 is 0 Å². The van der Waals surface area contributed by atoms with Crippen LogP contribution in [-0.2, 0) is 0 Å². The number of aromatic nitrogens is 4. The van der Waals surface area contributed by atoms with E-state index >= 15 is 0 Å². The Morgan fingerprint density at radius 2 is 1.90 bits per heavy atom. The highest BCUT2D eigenvalue weighted by molar-refractivity contribution is 5.61. The third-order valence-electron chi connectivity index (χ3n) is 3.05. The van der Waals surface area contributed by atoms with Crippen LogP contribution in [0.2, 0.25) is 0 Å². The van der Waals surface area contributed by atoms with E-state index in [9.17, 15) is 4.39 Å². The van der Waals surface area contributed by atoms with Crippen LogP contribution in [0.15, 0.2) is 42.5 Å². The Labute approximate surface area is 120 Å². The summed E-state index contributed by atoms with van der Waals surface area (Å²) in [6.07, 6.45) is 0. The molecule has 0 aliphatic heterocycles. The first-order valence-corrected chi connectivity index (χ1v) is 6.17. The summed E-state index contributed by atoms with van der Waals surface area (Å²) in [5.74, 6) is 0.655. The van der Waals surface area contributed by atoms with E-state index in [-0.39, 0.29) is 5.69 Å². The molecule has 2 aromatic carbocycles. The first kappa shape index (κ1) is 13.0. The van der Waals surface area contributed by atoms with Gasteiger partial charge in [-0.15, -0.1) is 5.10 Å². The first-order chi connectivity index (χ1) is 10.2. The van der Waals surface area contributed by atoms with Crippen molar-refractivity contribution < 1.29 is 9.13 Å². The quantitative estimate of drug-likeness (QED) is 0.745. The minimum Gasteiger partial charge on any atom is -0.497 e. The van der Waals surface area contributed by atoms with Crippen molar-refractivity contribution in [1.82, 2.24) is 20.2 Å². The highest BCUT2D eigenvalue weighted by Crippen LogP contribution is 2.23. The predicted octanol–water partition coefficient (Wildman–Crippen LogP) is 2.06. The minimum atomic E-state index is -0.503. The number of rotatable bonds is 3. The van der Waals surface area contributed by atoms with Gasteiger partial charge in [0.1, 0.15) is 11.6 Å². The fourth-order valence-electron chi connectivity index (χ4n) is 1.93. The molecule has 0 saturated heterocycles. The molecule has 3 aromatic rings. The van der Waals surface area contributed by atoms with Crippen LogP contribution in [-0.4, -0.2) is 27.3 Å². The standard InChI is InChI=1S/C14H12FN5O/c1-21-11-5-3-10(4-6-11)20-14(17-18-19-20)9-2-7-13(16)12(15)8-9/h2-8H,16H2,1H3. The summed E-state index contributed by atoms with van der Waals surface area (Å²) in [6.45, 7) is 0. The molecule has 0 saturated carbocycles. The van der Waals surface area contributed by atoms with E-state index in [2.05, 4.69) is 15.5 Å². The highest BCUT2D eigenvalue weighted by Gasteiger charge is 2.12. The van der Waals surface area contributed by atoms with E-state index in [1.165, 1.54) is 16.8 Å². The zero-order valence-electron chi connectivity index (χ0n) is 11.2. The predicted molar refractivity (Wildman–Crippen MR) is 75.5 cm³/mol. The average molecular weight is 285 g/mol. The van der Waals surface area contributed by atoms with Crippen LogP contribution < -0.4 is 10.5 Å². The Hall–Kier alpha value is -2.96. The highest BCUT2D eigenvalue weighted by atomic mass is 19.1. The fourth-order valence-corrected chi connectivity index (χ4v) is 1.93. The third-order valence-corrected chi connectivity index (χ3v) is 3.05. The van der Waals surface area contributed by atoms with Crippen molar-refractivity contribution in [1.29, 1.82) is 0 Å². The molecule has 0 radical (unpaired) electrons. The zero-order valence-corrected chi connectivity index (χ0v) is 11.2. The summed E-state index contributed by atoms with van der Waals surface area (Å²) in [6, 6.07) is 11.7. The number of hydrogen-bond donors (Lipinski definition) is 1. The maximum atomic E-state index is 13.6. The van der Waals surface area contributed by atoms with Crippen LogP contribution in [0, 0.1) is 5.82 Å². The SMILES string of the molecule is COc1ccc(-n2nnnc2-c2ccc(N)c(F)c2)cc1. The van der Waals surface area contributed by atoms with Gasteiger partial charge < -0.3 is 10.5 Å². The molecule has 3 rings (SSSR count). The van der Waals surface area contributed by atoms with E-state index in [1.807, 2.05) is 12.1 Å². The monoisotopic (exact) mass is 285 g/mol. The molecule has 0 aliphatic rings. The Bertz CT molecular complexity index is 769. The molecular formula is C14H12FN5O. The Balaban J connectivity index is 2.05. The van der Waals surface area contributed by atoms with Gasteiger partial charge in [0.05, 0.1) is 18.5 Å². The second-order valence-corrected chi connectivity index (χ2v) is 4.35. The van der Waals surface area contributed by atoms with Crippen molar-refractivity contribution in [3.05, 3.63) is 48.3 Å². The van der Waals surface area contributed by atoms with Gasteiger partial charge in [-0.2, -0.15) is 4.68 Å². The molecule has 0 unspecified atom stereocenters. The topological polar surface area (TPSA) is 78.8 Å². The lowest BCUT2D eigenvalue weighted by Crippen LogP contribution is -2.00. The molecule has 7 heteroatoms. The van der Waals surface area contributed by atoms with Crippen molar-refractivity contribution >= 4 is 5.69 Å². The number of nitrogens with zero attached hydrogens (tertiary/aromatic N) is 4. The van der Waals surface area contributed by atoms with Gasteiger partial charge in [-0.1, -0.05) is 0 Å². The Morgan fingerprint density at radius 1 is 1.14 bits per heavy atom. The van der Waals surface area contributed by atoms with Crippen LogP contribution in [0.3, 0.4) is 0 Å². The van der Waals surface area contributed by atoms with Crippen molar-refractivity contribution in [3.8, 4) is 22.8 Å². The third kappa shape index (κ3) is 2.40. The van der Waals surface area contributed by atoms with E-state index in [0.29, 0.717) is 11.4 Å². The number of ether oxygens (including phenoxy) is 1. The summed E-state index contributed by atoms with van der Waals surface area (Å²) in [4.78, 5) is 0. The Kier molecular flexibility index (Phi) is 3.23. The van der Waals surface area contributed by atoms with Crippen LogP contribution in [0.1, 0.15) is 0 Å². The number of hydrogen-bond acceptors (Lipinski definition) is 5. The van der Waals surface area contributed by atoms with E-state index < -0.39 is 5.82 Å². The summed E-state index contributed by atoms with van der Waals surface area (Å²) in [7, 11) is 1.59. The van der Waals surface area contributed by atoms with Gasteiger partial charge in [0.2, 0.25) is 0 Å². The summed E-state index contributed by atoms with van der Waals surface area (Å²) in [5, 5.41) is 11.5. The van der Waals surface area contributed by atoms with Crippen LogP contribution in [0.25, 0.3) is 17.1 Å². The van der Waals surface area contributed by atoms with Crippen LogP contribution >= 0.6 is 0 Å². The largest absolute Gasteiger partial charge is 0.497 e. The smallest absolute Gasteiger partial charge is 0.187 e. The molecule has 0 bridgehead atoms. The molecule has 21 heavy (non-hydrogen) atoms. The molecule has 106 valence electrons. The number of nitrogen functional groups attached to an aromatic ring is 1. The molecule has 0 fully saturated rings. The lowest BCUT2D eigenvalue weighted by molar-refractivity contribution is 0.414. The zero-order chi connectivity index (χ0) is 14.8. The van der Waals surface area contributed by atoms with Gasteiger partial charge in [-0.3, -0.25) is 0 Å². The molecule has 0 atom stereocenters. The molecule has 6 nitrogen and oxygen atoms in total. The number of methoxy groups -OCH3 is 1. The van der Waals surface area contributed by atoms with Crippen molar-refractivity contribution in [2.24, 2.45) is 0 Å². The van der Waals surface area contributed by atoms with Crippen molar-refractivity contribution in [2.45, 2.75) is 0 Å². The maximum Gasteiger partial charge on any atom is 0.187 e. The summed E-state index contributed by atoms with van der Waals surface area (Å²) >= 11 is 0. The second kappa shape index (κ2) is 5.20. The number of nitrogens with two attached hydrogens (primary N) is 1. The van der Waals surface area contributed by atoms with Gasteiger partial charge in [0, 0.05) is 5.56 Å². The maximum absolute atomic E-state index is 13.6. The summed E-state index contributed by atoms with van der Waals surface area (Å²) in [5.41, 5.74) is 6.85. The second-order valence-electron chi connectivity index (χ2n) is 4.35. The van der Waals surface area contributed by atoms with Gasteiger partial charge in [0.15, 0.2) is 5.82 Å². The molecule has 0 amide bonds. The van der Waals surface area contributed by atoms with Crippen LogP contribution in [0.5, 0.6) is 5.75 Å². The molecule has 0 spiro atoms. The van der Waals surface area contributed by atoms with E-state index in [0.717, 1.165) is 11.4 Å². The van der Waals surface area contributed by atoms with Gasteiger partial charge in [-0.25, -0.2) is 4.39 Å². The Morgan fingerprint density at radius 3 is 2.57 bits per heavy atom. The van der Waals surface area contributed by atoms with Gasteiger partial charge in [-0.05, 0) is 52.9 Å². The number of halogens is 1. The van der Waals surface area contributed by atoms with Crippen molar-refractivity contribution in [2.75, 3.05) is 12.8 Å². The molecule has 2 N–H and O–H groups in total. The first-order valence-electron chi connectivity index (χ1n) is 6.17. The number of tetrazole rings is 1. The summed E-state index contributed by atoms with van der Waals surface area (Å²) < 4.78 is 20.2. The van der Waals surface area contributed by atoms with Crippen LogP contribution in [0.4, 0.5) is 10.1 Å².